The highest BCUT2D eigenvalue weighted by atomic mass is 16.4. The van der Waals surface area contributed by atoms with Crippen LogP contribution in [0.15, 0.2) is 4.99 Å². The summed E-state index contributed by atoms with van der Waals surface area (Å²) in [6.45, 7) is 0.538. The normalized spacial score (nSPS) is 12.7. The van der Waals surface area contributed by atoms with Crippen molar-refractivity contribution in [3.05, 3.63) is 0 Å². The molecule has 0 aromatic heterocycles. The van der Waals surface area contributed by atoms with E-state index in [0.29, 0.717) is 0 Å². The average Bonchev–Trinajstić information content (AvgIpc) is 2.25. The molecule has 0 rings (SSSR count). The minimum atomic E-state index is -1.61. The third-order valence-electron chi connectivity index (χ3n) is 2.08. The molecule has 0 radical (unpaired) electrons. The van der Waals surface area contributed by atoms with E-state index in [9.17, 15) is 19.2 Å². The molecule has 0 fully saturated rings. The van der Waals surface area contributed by atoms with Crippen LogP contribution in [-0.2, 0) is 14.4 Å². The molecule has 9 nitrogen and oxygen atoms in total. The van der Waals surface area contributed by atoms with Crippen molar-refractivity contribution in [2.75, 3.05) is 13.2 Å². The van der Waals surface area contributed by atoms with Crippen molar-refractivity contribution in [1.82, 2.24) is 10.6 Å². The Morgan fingerprint density at radius 3 is 2.33 bits per heavy atom. The first kappa shape index (κ1) is 15.6. The Bertz CT molecular complexity index is 390. The molecule has 18 heavy (non-hydrogen) atoms. The van der Waals surface area contributed by atoms with Gasteiger partial charge in [0, 0.05) is 6.54 Å². The van der Waals surface area contributed by atoms with Crippen molar-refractivity contribution in [1.29, 1.82) is 0 Å². The van der Waals surface area contributed by atoms with Gasteiger partial charge in [0.15, 0.2) is 0 Å². The van der Waals surface area contributed by atoms with Crippen molar-refractivity contribution in [3.63, 3.8) is 0 Å². The first-order valence-corrected chi connectivity index (χ1v) is 4.82. The van der Waals surface area contributed by atoms with Crippen molar-refractivity contribution in [3.8, 4) is 0 Å². The van der Waals surface area contributed by atoms with E-state index in [4.69, 9.17) is 10.2 Å². The number of amides is 2. The van der Waals surface area contributed by atoms with Gasteiger partial charge in [-0.25, -0.2) is 9.59 Å². The summed E-state index contributed by atoms with van der Waals surface area (Å²) in [5.74, 6) is -2.62. The van der Waals surface area contributed by atoms with Crippen LogP contribution in [0, 0.1) is 5.41 Å². The van der Waals surface area contributed by atoms with E-state index >= 15 is 0 Å². The summed E-state index contributed by atoms with van der Waals surface area (Å²) in [5, 5.41) is 21.8. The van der Waals surface area contributed by atoms with E-state index in [0.717, 1.165) is 0 Å². The lowest BCUT2D eigenvalue weighted by Crippen LogP contribution is -2.45. The van der Waals surface area contributed by atoms with E-state index in [-0.39, 0.29) is 13.2 Å². The zero-order chi connectivity index (χ0) is 14.2. The minimum absolute atomic E-state index is 0.294. The van der Waals surface area contributed by atoms with Gasteiger partial charge in [0.05, 0.1) is 11.8 Å². The molecule has 0 aliphatic carbocycles. The fraction of sp³-hybridized carbons (Fsp3) is 0.556. The lowest BCUT2D eigenvalue weighted by Gasteiger charge is -2.22. The predicted octanol–water partition coefficient (Wildman–Crippen LogP) is -0.855. The largest absolute Gasteiger partial charge is 0.481 e. The van der Waals surface area contributed by atoms with Crippen LogP contribution >= 0.6 is 0 Å². The van der Waals surface area contributed by atoms with Crippen LogP contribution in [0.25, 0.3) is 0 Å². The molecule has 0 saturated heterocycles. The molecule has 0 aliphatic heterocycles. The molecular formula is C9H13N3O6. The number of nitrogens with zero attached hydrogens (tertiary/aromatic N) is 1. The topological polar surface area (TPSA) is 145 Å². The first-order chi connectivity index (χ1) is 8.31. The van der Waals surface area contributed by atoms with Crippen molar-refractivity contribution in [2.45, 2.75) is 13.3 Å². The van der Waals surface area contributed by atoms with E-state index in [1.54, 1.807) is 0 Å². The van der Waals surface area contributed by atoms with Crippen LogP contribution in [0.4, 0.5) is 4.79 Å². The van der Waals surface area contributed by atoms with E-state index < -0.39 is 29.8 Å². The zero-order valence-corrected chi connectivity index (χ0v) is 9.60. The van der Waals surface area contributed by atoms with E-state index in [1.165, 1.54) is 13.0 Å². The molecule has 4 N–H and O–H groups in total. The van der Waals surface area contributed by atoms with Crippen LogP contribution < -0.4 is 10.6 Å². The fourth-order valence-corrected chi connectivity index (χ4v) is 1.03. The van der Waals surface area contributed by atoms with Crippen LogP contribution in [0.3, 0.4) is 0 Å². The Morgan fingerprint density at radius 1 is 1.28 bits per heavy atom. The average molecular weight is 259 g/mol. The third kappa shape index (κ3) is 5.61. The molecule has 100 valence electrons. The first-order valence-electron chi connectivity index (χ1n) is 4.82. The highest BCUT2D eigenvalue weighted by Crippen LogP contribution is 2.20. The van der Waals surface area contributed by atoms with Crippen LogP contribution in [0.1, 0.15) is 13.3 Å². The van der Waals surface area contributed by atoms with Gasteiger partial charge in [-0.15, -0.1) is 0 Å². The molecule has 0 saturated carbocycles. The molecule has 1 unspecified atom stereocenters. The quantitative estimate of drug-likeness (QED) is 0.346. The van der Waals surface area contributed by atoms with Crippen LogP contribution in [-0.4, -0.2) is 47.5 Å². The Hall–Kier alpha value is -2.41. The van der Waals surface area contributed by atoms with Gasteiger partial charge in [0.1, 0.15) is 6.67 Å². The molecule has 0 aromatic carbocycles. The third-order valence-corrected chi connectivity index (χ3v) is 2.08. The number of aliphatic imine (C=N–C) groups is 1. The SMILES string of the molecule is CC(CNC(=O)NCN=C=O)(CC(=O)O)C(=O)O. The van der Waals surface area contributed by atoms with Crippen molar-refractivity contribution in [2.24, 2.45) is 10.4 Å². The molecule has 0 spiro atoms. The number of aliphatic carboxylic acids is 2. The summed E-state index contributed by atoms with van der Waals surface area (Å²) in [5.41, 5.74) is -1.61. The van der Waals surface area contributed by atoms with Gasteiger partial charge in [-0.3, -0.25) is 9.59 Å². The van der Waals surface area contributed by atoms with Gasteiger partial charge in [-0.1, -0.05) is 0 Å². The number of carboxylic acid groups (broad SMARTS) is 2. The number of urea groups is 1. The summed E-state index contributed by atoms with van der Waals surface area (Å²) in [6, 6.07) is -0.758. The minimum Gasteiger partial charge on any atom is -0.481 e. The van der Waals surface area contributed by atoms with Gasteiger partial charge in [0.2, 0.25) is 6.08 Å². The van der Waals surface area contributed by atoms with Crippen molar-refractivity contribution < 1.29 is 29.4 Å². The number of rotatable bonds is 7. The lowest BCUT2D eigenvalue weighted by molar-refractivity contribution is -0.154. The monoisotopic (exact) mass is 259 g/mol. The fourth-order valence-electron chi connectivity index (χ4n) is 1.03. The molecule has 1 atom stereocenters. The molecule has 0 aliphatic rings. The number of carboxylic acids is 2. The maximum Gasteiger partial charge on any atom is 0.316 e. The molecular weight excluding hydrogens is 246 g/mol. The second-order valence-corrected chi connectivity index (χ2v) is 3.70. The molecule has 9 heteroatoms. The van der Waals surface area contributed by atoms with E-state index in [1.807, 2.05) is 0 Å². The van der Waals surface area contributed by atoms with Crippen LogP contribution in [0.2, 0.25) is 0 Å². The zero-order valence-electron chi connectivity index (χ0n) is 9.60. The Labute approximate surface area is 102 Å². The Balaban J connectivity index is 4.35. The molecule has 0 heterocycles. The second-order valence-electron chi connectivity index (χ2n) is 3.70. The van der Waals surface area contributed by atoms with Gasteiger partial charge in [-0.2, -0.15) is 4.99 Å². The standard InChI is InChI=1S/C9H13N3O6/c1-9(7(16)17,2-6(14)15)3-11-8(18)12-4-10-5-13/h2-4H2,1H3,(H,14,15)(H,16,17)(H2,11,12,18). The second kappa shape index (κ2) is 7.02. The van der Waals surface area contributed by atoms with E-state index in [2.05, 4.69) is 15.6 Å². The smallest absolute Gasteiger partial charge is 0.316 e. The Kier molecular flexibility index (Phi) is 6.08. The van der Waals surface area contributed by atoms with Gasteiger partial charge >= 0.3 is 18.0 Å². The highest BCUT2D eigenvalue weighted by Gasteiger charge is 2.36. The lowest BCUT2D eigenvalue weighted by atomic mass is 9.87. The number of carbonyl (C=O) groups excluding carboxylic acids is 2. The summed E-state index contributed by atoms with van der Waals surface area (Å²) in [4.78, 5) is 45.3. The molecule has 0 aromatic rings. The summed E-state index contributed by atoms with van der Waals surface area (Å²) in [6.07, 6.45) is 0.571. The molecule has 0 bridgehead atoms. The maximum atomic E-state index is 11.1. The summed E-state index contributed by atoms with van der Waals surface area (Å²) >= 11 is 0. The number of nitrogens with one attached hydrogen (secondary N) is 2. The van der Waals surface area contributed by atoms with Crippen molar-refractivity contribution >= 4 is 24.0 Å². The van der Waals surface area contributed by atoms with Gasteiger partial charge < -0.3 is 20.8 Å². The number of carbonyl (C=O) groups is 3. The molecule has 2 amide bonds. The predicted molar refractivity (Wildman–Crippen MR) is 57.5 cm³/mol. The summed E-state index contributed by atoms with van der Waals surface area (Å²) < 4.78 is 0. The van der Waals surface area contributed by atoms with Crippen LogP contribution in [0.5, 0.6) is 0 Å². The number of hydrogen-bond acceptors (Lipinski definition) is 5. The number of hydrogen-bond donors (Lipinski definition) is 4. The maximum absolute atomic E-state index is 11.1. The van der Waals surface area contributed by atoms with Gasteiger partial charge in [0.25, 0.3) is 0 Å². The summed E-state index contributed by atoms with van der Waals surface area (Å²) in [7, 11) is 0. The number of isocyanates is 1. The highest BCUT2D eigenvalue weighted by molar-refractivity contribution is 5.82. The van der Waals surface area contributed by atoms with Gasteiger partial charge in [-0.05, 0) is 6.92 Å². The Morgan fingerprint density at radius 2 is 1.89 bits per heavy atom.